The molecule has 2 aromatic rings. The number of nitrogens with one attached hydrogen (secondary N) is 2. The summed E-state index contributed by atoms with van der Waals surface area (Å²) in [7, 11) is 3.48. The van der Waals surface area contributed by atoms with Crippen molar-refractivity contribution in [2.24, 2.45) is 4.99 Å². The van der Waals surface area contributed by atoms with E-state index >= 15 is 0 Å². The van der Waals surface area contributed by atoms with Gasteiger partial charge in [0.1, 0.15) is 0 Å². The van der Waals surface area contributed by atoms with Crippen LogP contribution in [0, 0.1) is 27.7 Å². The van der Waals surface area contributed by atoms with Crippen LogP contribution in [-0.2, 0) is 24.4 Å². The fourth-order valence-corrected chi connectivity index (χ4v) is 3.56. The Labute approximate surface area is 176 Å². The van der Waals surface area contributed by atoms with E-state index in [1.165, 1.54) is 10.4 Å². The second kappa shape index (κ2) is 10.8. The first-order valence-electron chi connectivity index (χ1n) is 8.35. The predicted octanol–water partition coefficient (Wildman–Crippen LogP) is 2.70. The lowest BCUT2D eigenvalue weighted by atomic mass is 10.2. The molecule has 2 heterocycles. The molecule has 0 spiro atoms. The number of halogens is 1. The fourth-order valence-electron chi connectivity index (χ4n) is 2.68. The highest BCUT2D eigenvalue weighted by Gasteiger charge is 2.12. The summed E-state index contributed by atoms with van der Waals surface area (Å²) in [6, 6.07) is 0. The van der Waals surface area contributed by atoms with E-state index in [1.807, 2.05) is 25.5 Å². The highest BCUT2D eigenvalue weighted by molar-refractivity contribution is 14.0. The van der Waals surface area contributed by atoms with Crippen LogP contribution in [-0.4, -0.2) is 41.5 Å². The molecule has 0 saturated heterocycles. The molecular formula is C17H29IN6OS. The number of methoxy groups -OCH3 is 1. The second-order valence-electron chi connectivity index (χ2n) is 5.89. The molecule has 0 aliphatic carbocycles. The highest BCUT2D eigenvalue weighted by atomic mass is 127. The van der Waals surface area contributed by atoms with Gasteiger partial charge in [-0.25, -0.2) is 4.98 Å². The van der Waals surface area contributed by atoms with Gasteiger partial charge in [0, 0.05) is 36.8 Å². The minimum absolute atomic E-state index is 0. The first-order valence-corrected chi connectivity index (χ1v) is 9.17. The maximum absolute atomic E-state index is 5.14. The quantitative estimate of drug-likeness (QED) is 0.353. The van der Waals surface area contributed by atoms with Crippen LogP contribution < -0.4 is 10.6 Å². The first-order chi connectivity index (χ1) is 12.0. The zero-order valence-corrected chi connectivity index (χ0v) is 19.5. The number of ether oxygens (including phenoxy) is 1. The Bertz CT molecular complexity index is 740. The van der Waals surface area contributed by atoms with Gasteiger partial charge in [0.25, 0.3) is 0 Å². The summed E-state index contributed by atoms with van der Waals surface area (Å²) >= 11 is 1.72. The number of aliphatic imine (C=N–C) groups is 1. The van der Waals surface area contributed by atoms with Gasteiger partial charge >= 0.3 is 0 Å². The highest BCUT2D eigenvalue weighted by Crippen LogP contribution is 2.16. The Morgan fingerprint density at radius 2 is 1.85 bits per heavy atom. The van der Waals surface area contributed by atoms with Crippen molar-refractivity contribution in [1.82, 2.24) is 25.4 Å². The molecule has 0 saturated carbocycles. The molecule has 0 fully saturated rings. The van der Waals surface area contributed by atoms with E-state index < -0.39 is 0 Å². The topological polar surface area (TPSA) is 76.4 Å². The van der Waals surface area contributed by atoms with Crippen molar-refractivity contribution in [2.45, 2.75) is 47.3 Å². The molecule has 0 atom stereocenters. The standard InChI is InChI=1S/C17H28N6OS.HI/c1-11-15(13(3)23(22-11)7-8-24-6)9-19-17(18-5)20-10-16-12(2)21-14(4)25-16;/h7-10H2,1-6H3,(H2,18,19,20);1H. The lowest BCUT2D eigenvalue weighted by Crippen LogP contribution is -2.36. The number of rotatable bonds is 7. The van der Waals surface area contributed by atoms with Crippen molar-refractivity contribution in [3.05, 3.63) is 32.5 Å². The maximum Gasteiger partial charge on any atom is 0.191 e. The third-order valence-electron chi connectivity index (χ3n) is 4.11. The normalized spacial score (nSPS) is 11.4. The Kier molecular flexibility index (Phi) is 9.51. The first kappa shape index (κ1) is 22.8. The van der Waals surface area contributed by atoms with E-state index in [-0.39, 0.29) is 24.0 Å². The minimum Gasteiger partial charge on any atom is -0.383 e. The maximum atomic E-state index is 5.14. The smallest absolute Gasteiger partial charge is 0.191 e. The van der Waals surface area contributed by atoms with Crippen molar-refractivity contribution in [1.29, 1.82) is 0 Å². The third kappa shape index (κ3) is 5.92. The molecule has 0 aliphatic heterocycles. The van der Waals surface area contributed by atoms with E-state index in [0.29, 0.717) is 13.2 Å². The summed E-state index contributed by atoms with van der Waals surface area (Å²) in [6.45, 7) is 11.0. The third-order valence-corrected chi connectivity index (χ3v) is 5.18. The monoisotopic (exact) mass is 492 g/mol. The number of aryl methyl sites for hydroxylation is 3. The van der Waals surface area contributed by atoms with Gasteiger partial charge in [-0.15, -0.1) is 35.3 Å². The predicted molar refractivity (Wildman–Crippen MR) is 118 cm³/mol. The average Bonchev–Trinajstić information content (AvgIpc) is 3.04. The zero-order chi connectivity index (χ0) is 18.4. The van der Waals surface area contributed by atoms with Gasteiger partial charge in [0.05, 0.1) is 36.1 Å². The lowest BCUT2D eigenvalue weighted by molar-refractivity contribution is 0.182. The number of hydrogen-bond acceptors (Lipinski definition) is 5. The van der Waals surface area contributed by atoms with Crippen molar-refractivity contribution in [2.75, 3.05) is 20.8 Å². The number of hydrogen-bond donors (Lipinski definition) is 2. The van der Waals surface area contributed by atoms with E-state index in [0.717, 1.165) is 41.1 Å². The van der Waals surface area contributed by atoms with Gasteiger partial charge in [-0.3, -0.25) is 9.67 Å². The molecular weight excluding hydrogens is 463 g/mol. The van der Waals surface area contributed by atoms with Crippen molar-refractivity contribution in [3.8, 4) is 0 Å². The van der Waals surface area contributed by atoms with Crippen LogP contribution >= 0.6 is 35.3 Å². The molecule has 2 aromatic heterocycles. The lowest BCUT2D eigenvalue weighted by Gasteiger charge is -2.12. The molecule has 0 radical (unpaired) electrons. The molecule has 0 aliphatic rings. The number of guanidine groups is 1. The number of nitrogens with zero attached hydrogens (tertiary/aromatic N) is 4. The van der Waals surface area contributed by atoms with Gasteiger partial charge < -0.3 is 15.4 Å². The van der Waals surface area contributed by atoms with Crippen LogP contribution in [0.5, 0.6) is 0 Å². The molecule has 2 rings (SSSR count). The molecule has 0 aromatic carbocycles. The van der Waals surface area contributed by atoms with Crippen LogP contribution in [0.15, 0.2) is 4.99 Å². The van der Waals surface area contributed by atoms with Crippen LogP contribution in [0.2, 0.25) is 0 Å². The molecule has 0 unspecified atom stereocenters. The van der Waals surface area contributed by atoms with Gasteiger partial charge in [0.15, 0.2) is 5.96 Å². The van der Waals surface area contributed by atoms with Crippen molar-refractivity contribution >= 4 is 41.3 Å². The Hall–Kier alpha value is -1.20. The van der Waals surface area contributed by atoms with Crippen LogP contribution in [0.25, 0.3) is 0 Å². The van der Waals surface area contributed by atoms with Gasteiger partial charge in [0.2, 0.25) is 0 Å². The molecule has 7 nitrogen and oxygen atoms in total. The minimum atomic E-state index is 0. The fraction of sp³-hybridized carbons (Fsp3) is 0.588. The van der Waals surface area contributed by atoms with Crippen molar-refractivity contribution < 1.29 is 4.74 Å². The molecule has 26 heavy (non-hydrogen) atoms. The molecule has 0 bridgehead atoms. The Morgan fingerprint density at radius 1 is 1.15 bits per heavy atom. The van der Waals surface area contributed by atoms with E-state index in [1.54, 1.807) is 25.5 Å². The molecule has 146 valence electrons. The van der Waals surface area contributed by atoms with Gasteiger partial charge in [-0.05, 0) is 27.7 Å². The number of aromatic nitrogens is 3. The SMILES string of the molecule is CN=C(NCc1sc(C)nc1C)NCc1c(C)nn(CCOC)c1C.I. The molecule has 9 heteroatoms. The van der Waals surface area contributed by atoms with Gasteiger partial charge in [-0.2, -0.15) is 5.10 Å². The van der Waals surface area contributed by atoms with E-state index in [4.69, 9.17) is 4.74 Å². The second-order valence-corrected chi connectivity index (χ2v) is 7.17. The van der Waals surface area contributed by atoms with E-state index in [9.17, 15) is 0 Å². The molecule has 0 amide bonds. The largest absolute Gasteiger partial charge is 0.383 e. The summed E-state index contributed by atoms with van der Waals surface area (Å²) in [4.78, 5) is 9.99. The summed E-state index contributed by atoms with van der Waals surface area (Å²) in [5.74, 6) is 0.772. The summed E-state index contributed by atoms with van der Waals surface area (Å²) < 4.78 is 7.14. The van der Waals surface area contributed by atoms with E-state index in [2.05, 4.69) is 32.6 Å². The van der Waals surface area contributed by atoms with Crippen LogP contribution in [0.3, 0.4) is 0 Å². The Balaban J connectivity index is 0.00000338. The summed E-state index contributed by atoms with van der Waals surface area (Å²) in [6.07, 6.45) is 0. The summed E-state index contributed by atoms with van der Waals surface area (Å²) in [5.41, 5.74) is 4.47. The van der Waals surface area contributed by atoms with Crippen LogP contribution in [0.1, 0.15) is 32.5 Å². The van der Waals surface area contributed by atoms with Gasteiger partial charge in [-0.1, -0.05) is 0 Å². The number of thiazole rings is 1. The van der Waals surface area contributed by atoms with Crippen LogP contribution in [0.4, 0.5) is 0 Å². The Morgan fingerprint density at radius 3 is 2.42 bits per heavy atom. The average molecular weight is 492 g/mol. The summed E-state index contributed by atoms with van der Waals surface area (Å²) in [5, 5.41) is 12.4. The molecule has 2 N–H and O–H groups in total. The van der Waals surface area contributed by atoms with Crippen molar-refractivity contribution in [3.63, 3.8) is 0 Å². The zero-order valence-electron chi connectivity index (χ0n) is 16.3.